The van der Waals surface area contributed by atoms with Crippen LogP contribution in [0.1, 0.15) is 39.5 Å². The summed E-state index contributed by atoms with van der Waals surface area (Å²) in [6, 6.07) is 0. The van der Waals surface area contributed by atoms with Crippen LogP contribution in [0.5, 0.6) is 0 Å². The Morgan fingerprint density at radius 1 is 1.19 bits per heavy atom. The van der Waals surface area contributed by atoms with Crippen molar-refractivity contribution in [1.29, 1.82) is 0 Å². The molecule has 0 aliphatic heterocycles. The summed E-state index contributed by atoms with van der Waals surface area (Å²) >= 11 is 0. The predicted octanol–water partition coefficient (Wildman–Crippen LogP) is 2.91. The number of hydrogen-bond donors (Lipinski definition) is 1. The molecule has 0 aromatic heterocycles. The van der Waals surface area contributed by atoms with E-state index in [-0.39, 0.29) is 0 Å². The van der Waals surface area contributed by atoms with Gasteiger partial charge in [-0.1, -0.05) is 32.8 Å². The van der Waals surface area contributed by atoms with Gasteiger partial charge in [-0.25, -0.2) is 0 Å². The monoisotopic (exact) mass is 226 g/mol. The zero-order chi connectivity index (χ0) is 12.2. The molecule has 0 unspecified atom stereocenters. The summed E-state index contributed by atoms with van der Waals surface area (Å²) in [6.45, 7) is 12.8. The highest BCUT2D eigenvalue weighted by Gasteiger charge is 1.96. The molecule has 0 atom stereocenters. The molecule has 0 saturated heterocycles. The molecule has 1 N–H and O–H groups in total. The fourth-order valence-electron chi connectivity index (χ4n) is 1.69. The zero-order valence-electron chi connectivity index (χ0n) is 11.5. The Morgan fingerprint density at radius 2 is 1.88 bits per heavy atom. The number of nitrogens with one attached hydrogen (secondary N) is 1. The Kier molecular flexibility index (Phi) is 10.9. The van der Waals surface area contributed by atoms with Crippen LogP contribution in [0.15, 0.2) is 12.7 Å². The highest BCUT2D eigenvalue weighted by Crippen LogP contribution is 2.00. The minimum atomic E-state index is 0.771. The van der Waals surface area contributed by atoms with Crippen molar-refractivity contribution in [3.05, 3.63) is 12.7 Å². The topological polar surface area (TPSA) is 15.3 Å². The SMILES string of the molecule is C=CCN(C)CCCCCCNCC(C)C. The zero-order valence-corrected chi connectivity index (χ0v) is 11.5. The highest BCUT2D eigenvalue weighted by atomic mass is 15.1. The predicted molar refractivity (Wildman–Crippen MR) is 73.9 cm³/mol. The molecular weight excluding hydrogens is 196 g/mol. The van der Waals surface area contributed by atoms with Crippen LogP contribution < -0.4 is 5.32 Å². The van der Waals surface area contributed by atoms with Crippen LogP contribution in [-0.2, 0) is 0 Å². The van der Waals surface area contributed by atoms with Gasteiger partial charge in [0.15, 0.2) is 0 Å². The van der Waals surface area contributed by atoms with Crippen LogP contribution in [0.25, 0.3) is 0 Å². The fourth-order valence-corrected chi connectivity index (χ4v) is 1.69. The number of nitrogens with zero attached hydrogens (tertiary/aromatic N) is 1. The molecule has 0 radical (unpaired) electrons. The Hall–Kier alpha value is -0.340. The van der Waals surface area contributed by atoms with Gasteiger partial charge in [0.05, 0.1) is 0 Å². The van der Waals surface area contributed by atoms with Gasteiger partial charge in [0.2, 0.25) is 0 Å². The molecular formula is C14H30N2. The van der Waals surface area contributed by atoms with Crippen molar-refractivity contribution in [3.63, 3.8) is 0 Å². The molecule has 2 nitrogen and oxygen atoms in total. The summed E-state index contributed by atoms with van der Waals surface area (Å²) in [7, 11) is 2.16. The Labute approximate surface area is 102 Å². The molecule has 0 saturated carbocycles. The lowest BCUT2D eigenvalue weighted by molar-refractivity contribution is 0.356. The first-order valence-corrected chi connectivity index (χ1v) is 6.67. The second kappa shape index (κ2) is 11.2. The molecule has 0 amide bonds. The summed E-state index contributed by atoms with van der Waals surface area (Å²) in [4.78, 5) is 2.32. The summed E-state index contributed by atoms with van der Waals surface area (Å²) in [6.07, 6.45) is 7.31. The van der Waals surface area contributed by atoms with Gasteiger partial charge in [-0.3, -0.25) is 0 Å². The molecule has 0 aliphatic carbocycles. The van der Waals surface area contributed by atoms with Gasteiger partial charge >= 0.3 is 0 Å². The van der Waals surface area contributed by atoms with E-state index in [0.29, 0.717) is 0 Å². The maximum Gasteiger partial charge on any atom is 0.0157 e. The summed E-state index contributed by atoms with van der Waals surface area (Å²) < 4.78 is 0. The first-order chi connectivity index (χ1) is 7.66. The standard InChI is InChI=1S/C14H30N2/c1-5-11-16(4)12-9-7-6-8-10-15-13-14(2)3/h5,14-15H,1,6-13H2,2-4H3. The van der Waals surface area contributed by atoms with Crippen molar-refractivity contribution < 1.29 is 0 Å². The Morgan fingerprint density at radius 3 is 2.50 bits per heavy atom. The van der Waals surface area contributed by atoms with Gasteiger partial charge in [0.1, 0.15) is 0 Å². The van der Waals surface area contributed by atoms with Gasteiger partial charge < -0.3 is 10.2 Å². The third-order valence-corrected chi connectivity index (χ3v) is 2.64. The minimum Gasteiger partial charge on any atom is -0.316 e. The number of likely N-dealkylation sites (N-methyl/N-ethyl adjacent to an activating group) is 1. The van der Waals surface area contributed by atoms with Crippen LogP contribution in [0.4, 0.5) is 0 Å². The first kappa shape index (κ1) is 15.7. The van der Waals surface area contributed by atoms with Gasteiger partial charge in [-0.2, -0.15) is 0 Å². The average molecular weight is 226 g/mol. The number of hydrogen-bond acceptors (Lipinski definition) is 2. The van der Waals surface area contributed by atoms with Gasteiger partial charge in [-0.05, 0) is 45.4 Å². The largest absolute Gasteiger partial charge is 0.316 e. The van der Waals surface area contributed by atoms with Gasteiger partial charge in [-0.15, -0.1) is 6.58 Å². The van der Waals surface area contributed by atoms with E-state index in [2.05, 4.69) is 37.7 Å². The van der Waals surface area contributed by atoms with E-state index in [1.54, 1.807) is 0 Å². The maximum absolute atomic E-state index is 3.74. The molecule has 0 aromatic rings. The molecule has 0 fully saturated rings. The summed E-state index contributed by atoms with van der Waals surface area (Å²) in [5, 5.41) is 3.48. The van der Waals surface area contributed by atoms with Crippen molar-refractivity contribution in [3.8, 4) is 0 Å². The third kappa shape index (κ3) is 11.7. The summed E-state index contributed by atoms with van der Waals surface area (Å²) in [5.74, 6) is 0.771. The lowest BCUT2D eigenvalue weighted by atomic mass is 10.2. The first-order valence-electron chi connectivity index (χ1n) is 6.67. The molecule has 96 valence electrons. The Bertz CT molecular complexity index is 155. The van der Waals surface area contributed by atoms with Crippen molar-refractivity contribution in [2.45, 2.75) is 39.5 Å². The van der Waals surface area contributed by atoms with Crippen LogP contribution in [0.3, 0.4) is 0 Å². The van der Waals surface area contributed by atoms with E-state index in [9.17, 15) is 0 Å². The Balaban J connectivity index is 3.06. The number of rotatable bonds is 11. The lowest BCUT2D eigenvalue weighted by Crippen LogP contribution is -2.21. The average Bonchev–Trinajstić information content (AvgIpc) is 2.22. The molecule has 0 bridgehead atoms. The van der Waals surface area contributed by atoms with E-state index in [4.69, 9.17) is 0 Å². The molecule has 2 heteroatoms. The number of unbranched alkanes of at least 4 members (excludes halogenated alkanes) is 3. The molecule has 16 heavy (non-hydrogen) atoms. The normalized spacial score (nSPS) is 11.3. The highest BCUT2D eigenvalue weighted by molar-refractivity contribution is 4.70. The second-order valence-corrected chi connectivity index (χ2v) is 5.06. The molecule has 0 aromatic carbocycles. The smallest absolute Gasteiger partial charge is 0.0157 e. The molecule has 0 spiro atoms. The van der Waals surface area contributed by atoms with E-state index < -0.39 is 0 Å². The lowest BCUT2D eigenvalue weighted by Gasteiger charge is -2.13. The quantitative estimate of drug-likeness (QED) is 0.430. The van der Waals surface area contributed by atoms with Crippen LogP contribution in [-0.4, -0.2) is 38.1 Å². The van der Waals surface area contributed by atoms with Crippen LogP contribution >= 0.6 is 0 Å². The molecule has 0 heterocycles. The van der Waals surface area contributed by atoms with Gasteiger partial charge in [0.25, 0.3) is 0 Å². The van der Waals surface area contributed by atoms with Crippen molar-refractivity contribution >= 4 is 0 Å². The molecule has 0 rings (SSSR count). The van der Waals surface area contributed by atoms with E-state index in [0.717, 1.165) is 19.0 Å². The second-order valence-electron chi connectivity index (χ2n) is 5.06. The maximum atomic E-state index is 3.74. The third-order valence-electron chi connectivity index (χ3n) is 2.64. The van der Waals surface area contributed by atoms with Crippen LogP contribution in [0.2, 0.25) is 0 Å². The van der Waals surface area contributed by atoms with Crippen molar-refractivity contribution in [2.24, 2.45) is 5.92 Å². The van der Waals surface area contributed by atoms with Crippen LogP contribution in [0, 0.1) is 5.92 Å². The summed E-state index contributed by atoms with van der Waals surface area (Å²) in [5.41, 5.74) is 0. The molecule has 0 aliphatic rings. The van der Waals surface area contributed by atoms with Crippen molar-refractivity contribution in [1.82, 2.24) is 10.2 Å². The van der Waals surface area contributed by atoms with E-state index >= 15 is 0 Å². The van der Waals surface area contributed by atoms with E-state index in [1.165, 1.54) is 38.8 Å². The van der Waals surface area contributed by atoms with Crippen molar-refractivity contribution in [2.75, 3.05) is 33.2 Å². The van der Waals surface area contributed by atoms with E-state index in [1.807, 2.05) is 6.08 Å². The van der Waals surface area contributed by atoms with Gasteiger partial charge in [0, 0.05) is 6.54 Å². The minimum absolute atomic E-state index is 0.771. The fraction of sp³-hybridized carbons (Fsp3) is 0.857.